The third kappa shape index (κ3) is 3.80. The van der Waals surface area contributed by atoms with Gasteiger partial charge in [0.25, 0.3) is 0 Å². The summed E-state index contributed by atoms with van der Waals surface area (Å²) in [6.07, 6.45) is 1.73. The van der Waals surface area contributed by atoms with Gasteiger partial charge in [0.1, 0.15) is 11.5 Å². The van der Waals surface area contributed by atoms with Gasteiger partial charge < -0.3 is 29.2 Å². The number of aromatic nitrogens is 3. The number of rotatable bonds is 6. The number of methoxy groups -OCH3 is 1. The van der Waals surface area contributed by atoms with Gasteiger partial charge in [-0.25, -0.2) is 9.78 Å². The van der Waals surface area contributed by atoms with Crippen LogP contribution >= 0.6 is 11.8 Å². The van der Waals surface area contributed by atoms with Crippen molar-refractivity contribution in [2.24, 2.45) is 10.9 Å². The van der Waals surface area contributed by atoms with Gasteiger partial charge in [-0.05, 0) is 43.0 Å². The standard InChI is InChI=1S/C25H23N5O5S/c1-3-34-24(32)23-22-13(9-27-23)20(21-16(28-22)10-26-11-17(21)31)18-6-7-19(35-18)36-25-29-14-5-4-12(33-2)8-15(14)30-25/h4-9,20-21,26-27H,3,10-11H2,1-2H3,(H,29,30). The summed E-state index contributed by atoms with van der Waals surface area (Å²) in [5, 5.41) is 4.40. The Hall–Kier alpha value is -3.83. The van der Waals surface area contributed by atoms with Crippen LogP contribution in [0.15, 0.2) is 56.2 Å². The molecule has 11 heteroatoms. The lowest BCUT2D eigenvalue weighted by Crippen LogP contribution is -2.48. The van der Waals surface area contributed by atoms with Gasteiger partial charge in [0.05, 0.1) is 48.8 Å². The number of ether oxygens (including phenoxy) is 2. The first-order valence-electron chi connectivity index (χ1n) is 11.6. The largest absolute Gasteiger partial charge is 0.497 e. The van der Waals surface area contributed by atoms with E-state index in [9.17, 15) is 9.59 Å². The van der Waals surface area contributed by atoms with Crippen molar-refractivity contribution in [3.05, 3.63) is 53.5 Å². The predicted octanol–water partition coefficient (Wildman–Crippen LogP) is 3.83. The third-order valence-electron chi connectivity index (χ3n) is 6.37. The lowest BCUT2D eigenvalue weighted by molar-refractivity contribution is -0.121. The Kier molecular flexibility index (Phi) is 5.65. The molecule has 0 spiro atoms. The summed E-state index contributed by atoms with van der Waals surface area (Å²) in [6, 6.07) is 9.38. The van der Waals surface area contributed by atoms with Gasteiger partial charge >= 0.3 is 5.97 Å². The van der Waals surface area contributed by atoms with E-state index in [2.05, 4.69) is 20.3 Å². The summed E-state index contributed by atoms with van der Waals surface area (Å²) in [6.45, 7) is 2.73. The van der Waals surface area contributed by atoms with Crippen LogP contribution in [-0.4, -0.2) is 59.2 Å². The minimum atomic E-state index is -0.479. The fraction of sp³-hybridized carbons (Fsp3) is 0.280. The molecule has 3 N–H and O–H groups in total. The fourth-order valence-corrected chi connectivity index (χ4v) is 5.56. The van der Waals surface area contributed by atoms with E-state index in [0.29, 0.717) is 34.0 Å². The van der Waals surface area contributed by atoms with Crippen molar-refractivity contribution < 1.29 is 23.5 Å². The van der Waals surface area contributed by atoms with Crippen molar-refractivity contribution in [3.63, 3.8) is 0 Å². The minimum absolute atomic E-state index is 0.0337. The molecule has 0 radical (unpaired) electrons. The van der Waals surface area contributed by atoms with Crippen molar-refractivity contribution in [2.45, 2.75) is 23.1 Å². The van der Waals surface area contributed by atoms with Gasteiger partial charge in [-0.3, -0.25) is 9.79 Å². The molecule has 0 amide bonds. The summed E-state index contributed by atoms with van der Waals surface area (Å²) < 4.78 is 16.7. The number of Topliss-reactive ketones (excluding diaryl/α,β-unsaturated/α-hetero) is 1. The van der Waals surface area contributed by atoms with E-state index in [-0.39, 0.29) is 24.6 Å². The first kappa shape index (κ1) is 22.6. The third-order valence-corrected chi connectivity index (χ3v) is 7.18. The van der Waals surface area contributed by atoms with E-state index in [1.165, 1.54) is 11.8 Å². The Balaban J connectivity index is 1.35. The number of nitrogens with zero attached hydrogens (tertiary/aromatic N) is 2. The van der Waals surface area contributed by atoms with Crippen molar-refractivity contribution in [1.29, 1.82) is 0 Å². The summed E-state index contributed by atoms with van der Waals surface area (Å²) in [7, 11) is 1.62. The number of ketones is 1. The summed E-state index contributed by atoms with van der Waals surface area (Å²) in [4.78, 5) is 41.1. The molecule has 3 aromatic heterocycles. The van der Waals surface area contributed by atoms with Gasteiger partial charge in [0, 0.05) is 30.1 Å². The van der Waals surface area contributed by atoms with Crippen LogP contribution in [0, 0.1) is 5.92 Å². The Labute approximate surface area is 209 Å². The number of aromatic amines is 2. The van der Waals surface area contributed by atoms with Gasteiger partial charge in [-0.15, -0.1) is 0 Å². The quantitative estimate of drug-likeness (QED) is 0.337. The number of hydrogen-bond donors (Lipinski definition) is 3. The zero-order valence-corrected chi connectivity index (χ0v) is 20.4. The summed E-state index contributed by atoms with van der Waals surface area (Å²) in [5.41, 5.74) is 3.88. The number of esters is 1. The molecule has 2 aliphatic heterocycles. The number of nitrogens with one attached hydrogen (secondary N) is 3. The predicted molar refractivity (Wildman–Crippen MR) is 133 cm³/mol. The van der Waals surface area contributed by atoms with Gasteiger partial charge in [0.15, 0.2) is 21.7 Å². The lowest BCUT2D eigenvalue weighted by Gasteiger charge is -2.33. The number of furan rings is 1. The molecule has 10 nitrogen and oxygen atoms in total. The van der Waals surface area contributed by atoms with Crippen molar-refractivity contribution >= 4 is 45.9 Å². The van der Waals surface area contributed by atoms with E-state index in [1.54, 1.807) is 20.2 Å². The maximum absolute atomic E-state index is 13.0. The molecular formula is C25H23N5O5S. The van der Waals surface area contributed by atoms with E-state index < -0.39 is 17.8 Å². The molecule has 2 atom stereocenters. The average molecular weight is 506 g/mol. The fourth-order valence-electron chi connectivity index (χ4n) is 4.79. The number of H-pyrrole nitrogens is 2. The molecule has 0 saturated carbocycles. The Morgan fingerprint density at radius 3 is 2.94 bits per heavy atom. The maximum Gasteiger partial charge on any atom is 0.357 e. The molecule has 4 aromatic rings. The number of piperidine rings is 1. The van der Waals surface area contributed by atoms with Crippen LogP contribution in [0.25, 0.3) is 11.0 Å². The first-order valence-corrected chi connectivity index (χ1v) is 12.4. The van der Waals surface area contributed by atoms with Crippen LogP contribution in [0.2, 0.25) is 0 Å². The monoisotopic (exact) mass is 505 g/mol. The normalized spacial score (nSPS) is 19.1. The van der Waals surface area contributed by atoms with Gasteiger partial charge in [-0.1, -0.05) is 0 Å². The van der Waals surface area contributed by atoms with Gasteiger partial charge in [-0.2, -0.15) is 0 Å². The molecule has 1 saturated heterocycles. The smallest absolute Gasteiger partial charge is 0.357 e. The topological polar surface area (TPSA) is 135 Å². The number of aliphatic imine (C=N–C) groups is 1. The van der Waals surface area contributed by atoms with E-state index >= 15 is 0 Å². The highest BCUT2D eigenvalue weighted by Gasteiger charge is 2.44. The number of imidazole rings is 1. The van der Waals surface area contributed by atoms with Crippen LogP contribution < -0.4 is 10.1 Å². The van der Waals surface area contributed by atoms with Crippen molar-refractivity contribution in [2.75, 3.05) is 26.8 Å². The molecule has 36 heavy (non-hydrogen) atoms. The van der Waals surface area contributed by atoms with Crippen LogP contribution in [0.5, 0.6) is 5.75 Å². The second-order valence-corrected chi connectivity index (χ2v) is 9.49. The first-order chi connectivity index (χ1) is 17.6. The zero-order valence-electron chi connectivity index (χ0n) is 19.6. The Morgan fingerprint density at radius 2 is 2.11 bits per heavy atom. The molecular weight excluding hydrogens is 482 g/mol. The van der Waals surface area contributed by atoms with Crippen LogP contribution in [0.3, 0.4) is 0 Å². The highest BCUT2D eigenvalue weighted by atomic mass is 32.2. The number of fused-ring (bicyclic) bond motifs is 3. The number of hydrogen-bond acceptors (Lipinski definition) is 9. The second-order valence-electron chi connectivity index (χ2n) is 8.50. The van der Waals surface area contributed by atoms with Crippen LogP contribution in [0.1, 0.15) is 34.7 Å². The number of carbonyl (C=O) groups excluding carboxylic acids is 2. The molecule has 2 aliphatic rings. The highest BCUT2D eigenvalue weighted by Crippen LogP contribution is 2.46. The van der Waals surface area contributed by atoms with E-state index in [1.807, 2.05) is 30.3 Å². The Morgan fingerprint density at radius 1 is 1.22 bits per heavy atom. The minimum Gasteiger partial charge on any atom is -0.497 e. The Bertz CT molecular complexity index is 1520. The van der Waals surface area contributed by atoms with E-state index in [4.69, 9.17) is 18.9 Å². The van der Waals surface area contributed by atoms with Gasteiger partial charge in [0.2, 0.25) is 0 Å². The number of carbonyl (C=O) groups is 2. The van der Waals surface area contributed by atoms with Crippen LogP contribution in [-0.2, 0) is 9.53 Å². The lowest BCUT2D eigenvalue weighted by atomic mass is 9.75. The number of benzene rings is 1. The molecule has 0 aliphatic carbocycles. The molecule has 5 heterocycles. The molecule has 1 fully saturated rings. The van der Waals surface area contributed by atoms with E-state index in [0.717, 1.165) is 22.3 Å². The molecule has 6 rings (SSSR count). The average Bonchev–Trinajstić information content (AvgIpc) is 3.60. The summed E-state index contributed by atoms with van der Waals surface area (Å²) >= 11 is 1.36. The zero-order chi connectivity index (χ0) is 24.8. The highest BCUT2D eigenvalue weighted by molar-refractivity contribution is 7.99. The van der Waals surface area contributed by atoms with Crippen LogP contribution in [0.4, 0.5) is 5.69 Å². The molecule has 1 aromatic carbocycles. The van der Waals surface area contributed by atoms with Crippen molar-refractivity contribution in [3.8, 4) is 5.75 Å². The van der Waals surface area contributed by atoms with Crippen molar-refractivity contribution in [1.82, 2.24) is 20.3 Å². The second kappa shape index (κ2) is 8.99. The summed E-state index contributed by atoms with van der Waals surface area (Å²) in [5.74, 6) is 0.0505. The SMILES string of the molecule is CCOC(=O)c1[nH]cc2c1N=C1CNCC(=O)C1C2c1ccc(Sc2nc3ccc(OC)cc3[nH]2)o1. The molecule has 2 unspecified atom stereocenters. The maximum atomic E-state index is 13.0. The molecule has 184 valence electrons. The molecule has 0 bridgehead atoms.